The van der Waals surface area contributed by atoms with Crippen molar-refractivity contribution in [3.05, 3.63) is 70.9 Å². The molecule has 24 heavy (non-hydrogen) atoms. The normalized spacial score (nSPS) is 11.3. The fourth-order valence-corrected chi connectivity index (χ4v) is 2.68. The van der Waals surface area contributed by atoms with Gasteiger partial charge in [0, 0.05) is 27.8 Å². The maximum absolute atomic E-state index is 12.5. The Hall–Kier alpha value is -3.32. The molecule has 0 saturated heterocycles. The van der Waals surface area contributed by atoms with Crippen molar-refractivity contribution in [2.45, 2.75) is 13.8 Å². The molecule has 4 nitrogen and oxygen atoms in total. The second-order valence-electron chi connectivity index (χ2n) is 5.65. The molecule has 4 heteroatoms. The summed E-state index contributed by atoms with van der Waals surface area (Å²) in [5.74, 6) is -0.406. The number of nitrogens with one attached hydrogen (secondary N) is 2. The lowest BCUT2D eigenvalue weighted by Gasteiger charge is -2.07. The molecular formula is C20H17N3O. The van der Waals surface area contributed by atoms with Gasteiger partial charge in [-0.2, -0.15) is 5.26 Å². The first kappa shape index (κ1) is 15.6. The molecule has 3 rings (SSSR count). The van der Waals surface area contributed by atoms with Crippen LogP contribution in [0.3, 0.4) is 0 Å². The summed E-state index contributed by atoms with van der Waals surface area (Å²) in [5, 5.41) is 13.2. The molecule has 118 valence electrons. The van der Waals surface area contributed by atoms with Crippen molar-refractivity contribution in [1.29, 1.82) is 5.26 Å². The number of H-pyrrole nitrogens is 1. The predicted molar refractivity (Wildman–Crippen MR) is 96.4 cm³/mol. The minimum Gasteiger partial charge on any atom is -0.358 e. The molecule has 0 atom stereocenters. The summed E-state index contributed by atoms with van der Waals surface area (Å²) in [7, 11) is 0. The summed E-state index contributed by atoms with van der Waals surface area (Å²) in [5.41, 5.74) is 4.50. The third kappa shape index (κ3) is 2.92. The van der Waals surface area contributed by atoms with Gasteiger partial charge in [-0.05, 0) is 37.6 Å². The smallest absolute Gasteiger partial charge is 0.266 e. The SMILES string of the molecule is Cc1ccccc1NC(=O)/C(C#N)=C\c1c(C)[nH]c2ccccc12. The highest BCUT2D eigenvalue weighted by Crippen LogP contribution is 2.24. The van der Waals surface area contributed by atoms with Crippen LogP contribution in [0.15, 0.2) is 54.1 Å². The number of fused-ring (bicyclic) bond motifs is 1. The van der Waals surface area contributed by atoms with E-state index in [9.17, 15) is 10.1 Å². The third-order valence-corrected chi connectivity index (χ3v) is 3.99. The van der Waals surface area contributed by atoms with Gasteiger partial charge >= 0.3 is 0 Å². The topological polar surface area (TPSA) is 68.7 Å². The van der Waals surface area contributed by atoms with Crippen molar-refractivity contribution in [3.63, 3.8) is 0 Å². The lowest BCUT2D eigenvalue weighted by Crippen LogP contribution is -2.14. The molecule has 0 aliphatic carbocycles. The van der Waals surface area contributed by atoms with Gasteiger partial charge in [0.05, 0.1) is 0 Å². The van der Waals surface area contributed by atoms with Gasteiger partial charge in [0.15, 0.2) is 0 Å². The Bertz CT molecular complexity index is 990. The summed E-state index contributed by atoms with van der Waals surface area (Å²) < 4.78 is 0. The average Bonchev–Trinajstić information content (AvgIpc) is 2.90. The number of carbonyl (C=O) groups is 1. The Balaban J connectivity index is 1.97. The zero-order valence-electron chi connectivity index (χ0n) is 13.6. The van der Waals surface area contributed by atoms with Crippen LogP contribution in [-0.2, 0) is 4.79 Å². The number of nitriles is 1. The van der Waals surface area contributed by atoms with Crippen LogP contribution >= 0.6 is 0 Å². The van der Waals surface area contributed by atoms with E-state index in [2.05, 4.69) is 10.3 Å². The minimum atomic E-state index is -0.406. The van der Waals surface area contributed by atoms with E-state index in [0.717, 1.165) is 27.7 Å². The van der Waals surface area contributed by atoms with Gasteiger partial charge in [0.1, 0.15) is 11.6 Å². The number of hydrogen-bond donors (Lipinski definition) is 2. The molecule has 2 aromatic carbocycles. The molecular weight excluding hydrogens is 298 g/mol. The molecule has 0 saturated carbocycles. The van der Waals surface area contributed by atoms with Gasteiger partial charge in [-0.3, -0.25) is 4.79 Å². The standard InChI is InChI=1S/C20H17N3O/c1-13-7-3-5-9-18(13)23-20(24)15(12-21)11-17-14(2)22-19-10-6-4-8-16(17)19/h3-11,22H,1-2H3,(H,23,24)/b15-11-. The van der Waals surface area contributed by atoms with E-state index in [4.69, 9.17) is 0 Å². The molecule has 0 unspecified atom stereocenters. The Morgan fingerprint density at radius 3 is 2.58 bits per heavy atom. The van der Waals surface area contributed by atoms with E-state index in [1.807, 2.05) is 68.4 Å². The molecule has 1 aromatic heterocycles. The van der Waals surface area contributed by atoms with E-state index in [-0.39, 0.29) is 5.57 Å². The number of aromatic amines is 1. The molecule has 0 fully saturated rings. The van der Waals surface area contributed by atoms with Crippen LogP contribution in [0.4, 0.5) is 5.69 Å². The molecule has 0 spiro atoms. The van der Waals surface area contributed by atoms with E-state index in [0.29, 0.717) is 5.69 Å². The summed E-state index contributed by atoms with van der Waals surface area (Å²) in [6, 6.07) is 17.3. The Kier molecular flexibility index (Phi) is 4.17. The Morgan fingerprint density at radius 1 is 1.12 bits per heavy atom. The molecule has 2 N–H and O–H groups in total. The highest BCUT2D eigenvalue weighted by molar-refractivity contribution is 6.11. The second kappa shape index (κ2) is 6.43. The molecule has 3 aromatic rings. The van der Waals surface area contributed by atoms with Crippen molar-refractivity contribution in [2.24, 2.45) is 0 Å². The number of carbonyl (C=O) groups excluding carboxylic acids is 1. The molecule has 0 aliphatic rings. The maximum Gasteiger partial charge on any atom is 0.266 e. The number of benzene rings is 2. The van der Waals surface area contributed by atoms with E-state index in [1.54, 1.807) is 6.08 Å². The van der Waals surface area contributed by atoms with Crippen LogP contribution in [0.2, 0.25) is 0 Å². The van der Waals surface area contributed by atoms with Crippen molar-refractivity contribution in [3.8, 4) is 6.07 Å². The minimum absolute atomic E-state index is 0.0751. The monoisotopic (exact) mass is 315 g/mol. The largest absolute Gasteiger partial charge is 0.358 e. The summed E-state index contributed by atoms with van der Waals surface area (Å²) >= 11 is 0. The highest BCUT2D eigenvalue weighted by Gasteiger charge is 2.13. The van der Waals surface area contributed by atoms with Gasteiger partial charge in [0.2, 0.25) is 0 Å². The number of rotatable bonds is 3. The number of hydrogen-bond acceptors (Lipinski definition) is 2. The second-order valence-corrected chi connectivity index (χ2v) is 5.65. The van der Waals surface area contributed by atoms with Crippen molar-refractivity contribution >= 4 is 28.6 Å². The van der Waals surface area contributed by atoms with Gasteiger partial charge < -0.3 is 10.3 Å². The van der Waals surface area contributed by atoms with Gasteiger partial charge in [-0.25, -0.2) is 0 Å². The van der Waals surface area contributed by atoms with Crippen LogP contribution in [0.25, 0.3) is 17.0 Å². The fourth-order valence-electron chi connectivity index (χ4n) is 2.68. The summed E-state index contributed by atoms with van der Waals surface area (Å²) in [4.78, 5) is 15.7. The van der Waals surface area contributed by atoms with Crippen molar-refractivity contribution < 1.29 is 4.79 Å². The predicted octanol–water partition coefficient (Wildman–Crippen LogP) is 4.33. The average molecular weight is 315 g/mol. The maximum atomic E-state index is 12.5. The fraction of sp³-hybridized carbons (Fsp3) is 0.100. The number of aromatic nitrogens is 1. The van der Waals surface area contributed by atoms with E-state index >= 15 is 0 Å². The molecule has 0 radical (unpaired) electrons. The van der Waals surface area contributed by atoms with Crippen LogP contribution in [0, 0.1) is 25.2 Å². The number of amides is 1. The number of para-hydroxylation sites is 2. The molecule has 0 bridgehead atoms. The first-order chi connectivity index (χ1) is 11.6. The van der Waals surface area contributed by atoms with Crippen molar-refractivity contribution in [1.82, 2.24) is 4.98 Å². The van der Waals surface area contributed by atoms with Crippen LogP contribution in [0.1, 0.15) is 16.8 Å². The summed E-state index contributed by atoms with van der Waals surface area (Å²) in [6.07, 6.45) is 1.64. The third-order valence-electron chi connectivity index (χ3n) is 3.99. The zero-order valence-corrected chi connectivity index (χ0v) is 13.6. The van der Waals surface area contributed by atoms with Crippen LogP contribution < -0.4 is 5.32 Å². The van der Waals surface area contributed by atoms with Gasteiger partial charge in [-0.1, -0.05) is 36.4 Å². The van der Waals surface area contributed by atoms with Gasteiger partial charge in [0.25, 0.3) is 5.91 Å². The lowest BCUT2D eigenvalue weighted by atomic mass is 10.1. The highest BCUT2D eigenvalue weighted by atomic mass is 16.1. The number of anilines is 1. The molecule has 1 heterocycles. The van der Waals surface area contributed by atoms with Crippen LogP contribution in [0.5, 0.6) is 0 Å². The summed E-state index contributed by atoms with van der Waals surface area (Å²) in [6.45, 7) is 3.84. The first-order valence-electron chi connectivity index (χ1n) is 7.66. The molecule has 1 amide bonds. The zero-order chi connectivity index (χ0) is 17.1. The van der Waals surface area contributed by atoms with Crippen LogP contribution in [-0.4, -0.2) is 10.9 Å². The quantitative estimate of drug-likeness (QED) is 0.558. The lowest BCUT2D eigenvalue weighted by molar-refractivity contribution is -0.112. The molecule has 0 aliphatic heterocycles. The van der Waals surface area contributed by atoms with E-state index in [1.165, 1.54) is 0 Å². The van der Waals surface area contributed by atoms with E-state index < -0.39 is 5.91 Å². The number of nitrogens with zero attached hydrogens (tertiary/aromatic N) is 1. The Morgan fingerprint density at radius 2 is 1.83 bits per heavy atom. The first-order valence-corrected chi connectivity index (χ1v) is 7.66. The van der Waals surface area contributed by atoms with Gasteiger partial charge in [-0.15, -0.1) is 0 Å². The number of aryl methyl sites for hydroxylation is 2. The Labute approximate surface area is 140 Å². The van der Waals surface area contributed by atoms with Crippen molar-refractivity contribution in [2.75, 3.05) is 5.32 Å².